The van der Waals surface area contributed by atoms with Crippen molar-refractivity contribution in [2.24, 2.45) is 5.92 Å². The Morgan fingerprint density at radius 2 is 2.09 bits per heavy atom. The Hall–Kier alpha value is -3.39. The number of rotatable bonds is 10. The second-order valence-corrected chi connectivity index (χ2v) is 9.25. The number of aryl methyl sites for hydroxylation is 1. The first-order chi connectivity index (χ1) is 16.2. The van der Waals surface area contributed by atoms with E-state index in [9.17, 15) is 4.79 Å². The Kier molecular flexibility index (Phi) is 6.26. The van der Waals surface area contributed by atoms with Gasteiger partial charge in [0.25, 0.3) is 0 Å². The van der Waals surface area contributed by atoms with E-state index in [0.29, 0.717) is 36.3 Å². The first-order valence-corrected chi connectivity index (χ1v) is 12.1. The number of Topliss-reactive ketones (excluding diaryl/α,β-unsaturated/α-hetero) is 1. The van der Waals surface area contributed by atoms with Gasteiger partial charge in [0, 0.05) is 24.9 Å². The second-order valence-electron chi connectivity index (χ2n) is 8.33. The lowest BCUT2D eigenvalue weighted by molar-refractivity contribution is 0.0980. The normalized spacial score (nSPS) is 14.2. The predicted octanol–water partition coefficient (Wildman–Crippen LogP) is 5.26. The molecule has 0 bridgehead atoms. The van der Waals surface area contributed by atoms with Crippen molar-refractivity contribution in [2.45, 2.75) is 38.6 Å². The zero-order valence-corrected chi connectivity index (χ0v) is 19.2. The van der Waals surface area contributed by atoms with E-state index in [1.54, 1.807) is 12.4 Å². The molecule has 4 aromatic rings. The number of hydrogen-bond acceptors (Lipinski definition) is 8. The van der Waals surface area contributed by atoms with E-state index in [0.717, 1.165) is 28.1 Å². The molecule has 33 heavy (non-hydrogen) atoms. The van der Waals surface area contributed by atoms with E-state index < -0.39 is 0 Å². The number of pyridine rings is 2. The molecule has 1 aliphatic rings. The van der Waals surface area contributed by atoms with Crippen molar-refractivity contribution in [1.82, 2.24) is 19.9 Å². The van der Waals surface area contributed by atoms with Gasteiger partial charge in [-0.3, -0.25) is 9.78 Å². The topological polar surface area (TPSA) is 89.9 Å². The van der Waals surface area contributed by atoms with Crippen LogP contribution in [0.5, 0.6) is 5.88 Å². The highest BCUT2D eigenvalue weighted by Crippen LogP contribution is 2.29. The van der Waals surface area contributed by atoms with Crippen LogP contribution in [0.4, 0.5) is 5.95 Å². The number of carbonyl (C=O) groups excluding carboxylic acids is 1. The van der Waals surface area contributed by atoms with Crippen LogP contribution in [0.25, 0.3) is 10.2 Å². The van der Waals surface area contributed by atoms with Gasteiger partial charge >= 0.3 is 0 Å². The van der Waals surface area contributed by atoms with E-state index in [1.807, 2.05) is 48.7 Å². The Morgan fingerprint density at radius 3 is 2.85 bits per heavy atom. The highest BCUT2D eigenvalue weighted by molar-refractivity contribution is 7.17. The Bertz CT molecular complexity index is 1240. The van der Waals surface area contributed by atoms with Gasteiger partial charge in [-0.2, -0.15) is 0 Å². The van der Waals surface area contributed by atoms with Crippen molar-refractivity contribution in [2.75, 3.05) is 11.9 Å². The van der Waals surface area contributed by atoms with E-state index in [1.165, 1.54) is 24.2 Å². The van der Waals surface area contributed by atoms with Crippen LogP contribution in [-0.4, -0.2) is 32.3 Å². The molecule has 0 amide bonds. The molecule has 7 nitrogen and oxygen atoms in total. The number of carbonyl (C=O) groups is 1. The summed E-state index contributed by atoms with van der Waals surface area (Å²) in [5.41, 5.74) is 3.12. The number of nitrogens with zero attached hydrogens (tertiary/aromatic N) is 4. The van der Waals surface area contributed by atoms with Crippen molar-refractivity contribution >= 4 is 33.3 Å². The van der Waals surface area contributed by atoms with Gasteiger partial charge in [-0.05, 0) is 61.2 Å². The summed E-state index contributed by atoms with van der Waals surface area (Å²) in [5, 5.41) is 5.22. The average Bonchev–Trinajstić information content (AvgIpc) is 3.56. The molecule has 5 rings (SSSR count). The summed E-state index contributed by atoms with van der Waals surface area (Å²) >= 11 is 1.49. The van der Waals surface area contributed by atoms with Gasteiger partial charge < -0.3 is 10.1 Å². The number of ketones is 1. The van der Waals surface area contributed by atoms with Crippen LogP contribution >= 0.6 is 11.3 Å². The fourth-order valence-corrected chi connectivity index (χ4v) is 4.36. The molecule has 0 saturated heterocycles. The number of ether oxygens (including phenoxy) is 1. The molecule has 0 radical (unpaired) electrons. The van der Waals surface area contributed by atoms with Crippen LogP contribution in [0.2, 0.25) is 0 Å². The van der Waals surface area contributed by atoms with Crippen LogP contribution in [0.15, 0.2) is 54.2 Å². The van der Waals surface area contributed by atoms with E-state index >= 15 is 0 Å². The lowest BCUT2D eigenvalue weighted by atomic mass is 10.1. The van der Waals surface area contributed by atoms with Gasteiger partial charge in [-0.25, -0.2) is 15.0 Å². The number of anilines is 1. The maximum atomic E-state index is 13.1. The SMILES string of the molecule is C[C@H](Nc1nc(C(=O)CCc2ccc(OCC3CC3)nc2)c2sccc2n1)c1ccccn1. The summed E-state index contributed by atoms with van der Waals surface area (Å²) in [5.74, 6) is 1.76. The van der Waals surface area contributed by atoms with Crippen LogP contribution in [0, 0.1) is 5.92 Å². The Morgan fingerprint density at radius 1 is 1.18 bits per heavy atom. The van der Waals surface area contributed by atoms with Gasteiger partial charge in [0.1, 0.15) is 5.69 Å². The van der Waals surface area contributed by atoms with E-state index in [4.69, 9.17) is 4.74 Å². The summed E-state index contributed by atoms with van der Waals surface area (Å²) < 4.78 is 6.51. The fourth-order valence-electron chi connectivity index (χ4n) is 3.52. The summed E-state index contributed by atoms with van der Waals surface area (Å²) in [4.78, 5) is 31.1. The van der Waals surface area contributed by atoms with Crippen molar-refractivity contribution in [3.05, 3.63) is 71.1 Å². The molecule has 1 fully saturated rings. The maximum absolute atomic E-state index is 13.1. The lowest BCUT2D eigenvalue weighted by Crippen LogP contribution is -2.13. The van der Waals surface area contributed by atoms with Gasteiger partial charge in [-0.15, -0.1) is 11.3 Å². The summed E-state index contributed by atoms with van der Waals surface area (Å²) in [6.45, 7) is 2.74. The summed E-state index contributed by atoms with van der Waals surface area (Å²) in [7, 11) is 0. The molecular formula is C25H25N5O2S. The van der Waals surface area contributed by atoms with Crippen LogP contribution in [-0.2, 0) is 6.42 Å². The minimum Gasteiger partial charge on any atom is -0.477 e. The Labute approximate surface area is 196 Å². The third-order valence-electron chi connectivity index (χ3n) is 5.65. The highest BCUT2D eigenvalue weighted by Gasteiger charge is 2.22. The van der Waals surface area contributed by atoms with Crippen LogP contribution in [0.3, 0.4) is 0 Å². The maximum Gasteiger partial charge on any atom is 0.224 e. The standard InChI is InChI=1S/C25H25N5O2S/c1-16(19-4-2-3-12-26-19)28-25-29-20-11-13-33-24(20)23(30-25)21(31)9-7-17-8-10-22(27-14-17)32-15-18-5-6-18/h2-4,8,10-14,16,18H,5-7,9,15H2,1H3,(H,28,29,30)/t16-/m0/s1. The molecule has 8 heteroatoms. The molecule has 4 heterocycles. The minimum atomic E-state index is -0.0861. The molecule has 0 aliphatic heterocycles. The molecule has 0 spiro atoms. The van der Waals surface area contributed by atoms with Gasteiger partial charge in [-0.1, -0.05) is 12.1 Å². The van der Waals surface area contributed by atoms with Crippen LogP contribution < -0.4 is 10.1 Å². The van der Waals surface area contributed by atoms with Gasteiger partial charge in [0.05, 0.1) is 28.6 Å². The molecule has 4 aromatic heterocycles. The number of thiophene rings is 1. The van der Waals surface area contributed by atoms with Crippen molar-refractivity contribution < 1.29 is 9.53 Å². The monoisotopic (exact) mass is 459 g/mol. The molecular weight excluding hydrogens is 434 g/mol. The van der Waals surface area contributed by atoms with Crippen molar-refractivity contribution in [1.29, 1.82) is 0 Å². The third-order valence-corrected chi connectivity index (χ3v) is 6.56. The number of aromatic nitrogens is 4. The highest BCUT2D eigenvalue weighted by atomic mass is 32.1. The fraction of sp³-hybridized carbons (Fsp3) is 0.320. The van der Waals surface area contributed by atoms with E-state index in [-0.39, 0.29) is 11.8 Å². The molecule has 0 aromatic carbocycles. The van der Waals surface area contributed by atoms with E-state index in [2.05, 4.69) is 25.3 Å². The first kappa shape index (κ1) is 21.5. The van der Waals surface area contributed by atoms with Crippen LogP contribution in [0.1, 0.15) is 54.0 Å². The quantitative estimate of drug-likeness (QED) is 0.324. The second kappa shape index (κ2) is 9.62. The first-order valence-electron chi connectivity index (χ1n) is 11.2. The molecule has 168 valence electrons. The minimum absolute atomic E-state index is 0.00699. The summed E-state index contributed by atoms with van der Waals surface area (Å²) in [6.07, 6.45) is 6.99. The average molecular weight is 460 g/mol. The largest absolute Gasteiger partial charge is 0.477 e. The smallest absolute Gasteiger partial charge is 0.224 e. The summed E-state index contributed by atoms with van der Waals surface area (Å²) in [6, 6.07) is 11.5. The molecule has 1 aliphatic carbocycles. The number of nitrogens with one attached hydrogen (secondary N) is 1. The van der Waals surface area contributed by atoms with Gasteiger partial charge in [0.15, 0.2) is 5.78 Å². The third kappa shape index (κ3) is 5.34. The molecule has 1 saturated carbocycles. The van der Waals surface area contributed by atoms with Crippen molar-refractivity contribution in [3.63, 3.8) is 0 Å². The molecule has 0 unspecified atom stereocenters. The zero-order valence-electron chi connectivity index (χ0n) is 18.4. The van der Waals surface area contributed by atoms with Gasteiger partial charge in [0.2, 0.25) is 11.8 Å². The predicted molar refractivity (Wildman–Crippen MR) is 129 cm³/mol. The number of fused-ring (bicyclic) bond motifs is 1. The molecule has 1 atom stereocenters. The number of hydrogen-bond donors (Lipinski definition) is 1. The zero-order chi connectivity index (χ0) is 22.6. The van der Waals surface area contributed by atoms with Crippen molar-refractivity contribution in [3.8, 4) is 5.88 Å². The lowest BCUT2D eigenvalue weighted by Gasteiger charge is -2.14. The molecule has 1 N–H and O–H groups in total. The Balaban J connectivity index is 1.27.